The Morgan fingerprint density at radius 1 is 1.45 bits per heavy atom. The second kappa shape index (κ2) is 6.22. The largest absolute Gasteiger partial charge is 0.444 e. The third-order valence-electron chi connectivity index (χ3n) is 3.49. The van der Waals surface area contributed by atoms with Crippen molar-refractivity contribution < 1.29 is 9.53 Å². The van der Waals surface area contributed by atoms with Gasteiger partial charge in [-0.3, -0.25) is 0 Å². The molecule has 1 fully saturated rings. The van der Waals surface area contributed by atoms with Gasteiger partial charge in [-0.05, 0) is 39.8 Å². The van der Waals surface area contributed by atoms with E-state index in [9.17, 15) is 4.79 Å². The molecule has 22 heavy (non-hydrogen) atoms. The number of piperazine rings is 1. The van der Waals surface area contributed by atoms with Crippen LogP contribution in [-0.2, 0) is 4.74 Å². The number of nitrogens with zero attached hydrogens (tertiary/aromatic N) is 4. The Bertz CT molecular complexity index is 589. The van der Waals surface area contributed by atoms with Gasteiger partial charge in [-0.2, -0.15) is 5.26 Å². The summed E-state index contributed by atoms with van der Waals surface area (Å²) in [7, 11) is 0. The molecular formula is C16H22N4O2. The van der Waals surface area contributed by atoms with E-state index in [0.717, 1.165) is 5.69 Å². The first-order chi connectivity index (χ1) is 10.3. The van der Waals surface area contributed by atoms with Crippen LogP contribution in [0.1, 0.15) is 33.4 Å². The maximum Gasteiger partial charge on any atom is 0.410 e. The molecule has 0 bridgehead atoms. The zero-order chi connectivity index (χ0) is 16.3. The van der Waals surface area contributed by atoms with Gasteiger partial charge in [0.15, 0.2) is 5.69 Å². The Labute approximate surface area is 131 Å². The summed E-state index contributed by atoms with van der Waals surface area (Å²) in [5.41, 5.74) is 0.742. The average molecular weight is 302 g/mol. The van der Waals surface area contributed by atoms with Crippen molar-refractivity contribution in [2.75, 3.05) is 24.5 Å². The minimum atomic E-state index is -0.495. The van der Waals surface area contributed by atoms with Gasteiger partial charge in [0.25, 0.3) is 0 Å². The van der Waals surface area contributed by atoms with Gasteiger partial charge in [-0.15, -0.1) is 0 Å². The van der Waals surface area contributed by atoms with Gasteiger partial charge in [0.2, 0.25) is 0 Å². The summed E-state index contributed by atoms with van der Waals surface area (Å²) in [6, 6.07) is 5.84. The third-order valence-corrected chi connectivity index (χ3v) is 3.49. The van der Waals surface area contributed by atoms with Gasteiger partial charge < -0.3 is 14.5 Å². The minimum absolute atomic E-state index is 0.00958. The van der Waals surface area contributed by atoms with Crippen molar-refractivity contribution in [2.45, 2.75) is 39.3 Å². The van der Waals surface area contributed by atoms with Crippen LogP contribution in [0.4, 0.5) is 10.5 Å². The molecule has 1 atom stereocenters. The molecule has 0 aromatic carbocycles. The summed E-state index contributed by atoms with van der Waals surface area (Å²) in [6.07, 6.45) is 1.33. The molecule has 0 unspecified atom stereocenters. The first kappa shape index (κ1) is 16.1. The maximum atomic E-state index is 12.2. The average Bonchev–Trinajstić information content (AvgIpc) is 2.45. The maximum absolute atomic E-state index is 12.2. The van der Waals surface area contributed by atoms with E-state index in [1.165, 1.54) is 0 Å². The molecule has 1 saturated heterocycles. The fourth-order valence-electron chi connectivity index (χ4n) is 2.51. The SMILES string of the molecule is C[C@H]1CN(c2cccnc2C#N)CCN1C(=O)OC(C)(C)C. The number of aromatic nitrogens is 1. The number of ether oxygens (including phenoxy) is 1. The van der Waals surface area contributed by atoms with Crippen LogP contribution in [0, 0.1) is 11.3 Å². The van der Waals surface area contributed by atoms with Crippen molar-refractivity contribution in [3.05, 3.63) is 24.0 Å². The molecule has 0 aliphatic carbocycles. The predicted octanol–water partition coefficient (Wildman–Crippen LogP) is 2.40. The number of carbonyl (C=O) groups excluding carboxylic acids is 1. The van der Waals surface area contributed by atoms with Crippen molar-refractivity contribution >= 4 is 11.8 Å². The molecule has 0 N–H and O–H groups in total. The van der Waals surface area contributed by atoms with Crippen LogP contribution in [0.15, 0.2) is 18.3 Å². The van der Waals surface area contributed by atoms with Crippen molar-refractivity contribution in [2.24, 2.45) is 0 Å². The van der Waals surface area contributed by atoms with Crippen LogP contribution in [-0.4, -0.2) is 47.3 Å². The first-order valence-corrected chi connectivity index (χ1v) is 7.41. The van der Waals surface area contributed by atoms with Crippen LogP contribution >= 0.6 is 0 Å². The molecule has 1 aromatic heterocycles. The summed E-state index contributed by atoms with van der Waals surface area (Å²) >= 11 is 0. The molecule has 6 heteroatoms. The van der Waals surface area contributed by atoms with E-state index >= 15 is 0 Å². The Balaban J connectivity index is 2.07. The highest BCUT2D eigenvalue weighted by Gasteiger charge is 2.31. The number of pyridine rings is 1. The number of rotatable bonds is 1. The summed E-state index contributed by atoms with van der Waals surface area (Å²) in [5, 5.41) is 9.16. The molecule has 1 aromatic rings. The monoisotopic (exact) mass is 302 g/mol. The summed E-state index contributed by atoms with van der Waals surface area (Å²) in [4.78, 5) is 20.1. The molecule has 0 radical (unpaired) electrons. The molecule has 1 aliphatic rings. The molecule has 1 amide bonds. The van der Waals surface area contributed by atoms with Crippen LogP contribution in [0.5, 0.6) is 0 Å². The van der Waals surface area contributed by atoms with Gasteiger partial charge in [0.1, 0.15) is 11.7 Å². The van der Waals surface area contributed by atoms with Crippen molar-refractivity contribution in [3.8, 4) is 6.07 Å². The fraction of sp³-hybridized carbons (Fsp3) is 0.562. The second-order valence-electron chi connectivity index (χ2n) is 6.45. The highest BCUT2D eigenvalue weighted by Crippen LogP contribution is 2.22. The zero-order valence-electron chi connectivity index (χ0n) is 13.5. The quantitative estimate of drug-likeness (QED) is 0.796. The van der Waals surface area contributed by atoms with Gasteiger partial charge in [-0.25, -0.2) is 9.78 Å². The molecule has 6 nitrogen and oxygen atoms in total. The third kappa shape index (κ3) is 3.67. The highest BCUT2D eigenvalue weighted by molar-refractivity contribution is 5.69. The van der Waals surface area contributed by atoms with Gasteiger partial charge in [-0.1, -0.05) is 0 Å². The van der Waals surface area contributed by atoms with Crippen molar-refractivity contribution in [1.82, 2.24) is 9.88 Å². The molecule has 2 heterocycles. The first-order valence-electron chi connectivity index (χ1n) is 7.41. The van der Waals surface area contributed by atoms with Crippen molar-refractivity contribution in [1.29, 1.82) is 5.26 Å². The fourth-order valence-corrected chi connectivity index (χ4v) is 2.51. The van der Waals surface area contributed by atoms with Crippen LogP contribution in [0.2, 0.25) is 0 Å². The minimum Gasteiger partial charge on any atom is -0.444 e. The molecule has 0 spiro atoms. The molecule has 0 saturated carbocycles. The lowest BCUT2D eigenvalue weighted by atomic mass is 10.1. The van der Waals surface area contributed by atoms with E-state index < -0.39 is 5.60 Å². The van der Waals surface area contributed by atoms with Gasteiger partial charge >= 0.3 is 6.09 Å². The predicted molar refractivity (Wildman–Crippen MR) is 83.6 cm³/mol. The van der Waals surface area contributed by atoms with E-state index in [1.54, 1.807) is 11.1 Å². The van der Waals surface area contributed by atoms with Crippen LogP contribution < -0.4 is 4.90 Å². The van der Waals surface area contributed by atoms with E-state index in [4.69, 9.17) is 10.00 Å². The second-order valence-corrected chi connectivity index (χ2v) is 6.45. The number of amides is 1. The van der Waals surface area contributed by atoms with E-state index in [0.29, 0.717) is 25.3 Å². The van der Waals surface area contributed by atoms with Crippen molar-refractivity contribution in [3.63, 3.8) is 0 Å². The van der Waals surface area contributed by atoms with Crippen LogP contribution in [0.25, 0.3) is 0 Å². The smallest absolute Gasteiger partial charge is 0.410 e. The number of anilines is 1. The molecule has 2 rings (SSSR count). The lowest BCUT2D eigenvalue weighted by molar-refractivity contribution is 0.0159. The number of hydrogen-bond donors (Lipinski definition) is 0. The lowest BCUT2D eigenvalue weighted by Crippen LogP contribution is -2.55. The van der Waals surface area contributed by atoms with E-state index in [-0.39, 0.29) is 12.1 Å². The zero-order valence-corrected chi connectivity index (χ0v) is 13.5. The summed E-state index contributed by atoms with van der Waals surface area (Å²) in [5.74, 6) is 0. The lowest BCUT2D eigenvalue weighted by Gasteiger charge is -2.41. The normalized spacial score (nSPS) is 18.8. The molecule has 118 valence electrons. The standard InChI is InChI=1S/C16H22N4O2/c1-12-11-19(14-6-5-7-18-13(14)10-17)8-9-20(12)15(21)22-16(2,3)4/h5-7,12H,8-9,11H2,1-4H3/t12-/m0/s1. The molecule has 1 aliphatic heterocycles. The topological polar surface area (TPSA) is 69.5 Å². The Morgan fingerprint density at radius 3 is 2.77 bits per heavy atom. The van der Waals surface area contributed by atoms with Crippen LogP contribution in [0.3, 0.4) is 0 Å². The van der Waals surface area contributed by atoms with E-state index in [1.807, 2.05) is 39.8 Å². The summed E-state index contributed by atoms with van der Waals surface area (Å²) < 4.78 is 5.44. The number of nitriles is 1. The molecular weight excluding hydrogens is 280 g/mol. The highest BCUT2D eigenvalue weighted by atomic mass is 16.6. The number of hydrogen-bond acceptors (Lipinski definition) is 5. The number of carbonyl (C=O) groups is 1. The van der Waals surface area contributed by atoms with E-state index in [2.05, 4.69) is 16.0 Å². The van der Waals surface area contributed by atoms with Gasteiger partial charge in [0, 0.05) is 31.9 Å². The Morgan fingerprint density at radius 2 is 2.18 bits per heavy atom. The van der Waals surface area contributed by atoms with Gasteiger partial charge in [0.05, 0.1) is 5.69 Å². The Hall–Kier alpha value is -2.29. The summed E-state index contributed by atoms with van der Waals surface area (Å²) in [6.45, 7) is 9.44. The Kier molecular flexibility index (Phi) is 4.55.